The lowest BCUT2D eigenvalue weighted by Crippen LogP contribution is -2.29. The highest BCUT2D eigenvalue weighted by molar-refractivity contribution is 6.00. The minimum absolute atomic E-state index is 0.106. The van der Waals surface area contributed by atoms with Gasteiger partial charge in [0.25, 0.3) is 5.91 Å². The number of H-pyrrole nitrogens is 1. The number of rotatable bonds is 6. The molecule has 0 saturated carbocycles. The van der Waals surface area contributed by atoms with E-state index >= 15 is 0 Å². The smallest absolute Gasteiger partial charge is 0.273 e. The quantitative estimate of drug-likeness (QED) is 0.445. The van der Waals surface area contributed by atoms with E-state index in [9.17, 15) is 4.79 Å². The highest BCUT2D eigenvalue weighted by Gasteiger charge is 2.42. The molecule has 4 aromatic rings. The third kappa shape index (κ3) is 3.54. The third-order valence-electron chi connectivity index (χ3n) is 6.45. The number of ether oxygens (including phenoxy) is 4. The van der Waals surface area contributed by atoms with Crippen molar-refractivity contribution >= 4 is 5.91 Å². The molecule has 35 heavy (non-hydrogen) atoms. The zero-order chi connectivity index (χ0) is 23.9. The Labute approximate surface area is 202 Å². The summed E-state index contributed by atoms with van der Waals surface area (Å²) in [5.74, 6) is 2.81. The van der Waals surface area contributed by atoms with Crippen molar-refractivity contribution in [2.75, 3.05) is 21.0 Å². The maximum atomic E-state index is 13.6. The third-order valence-corrected chi connectivity index (χ3v) is 6.45. The van der Waals surface area contributed by atoms with Crippen LogP contribution in [0, 0.1) is 0 Å². The van der Waals surface area contributed by atoms with E-state index in [0.29, 0.717) is 23.7 Å². The van der Waals surface area contributed by atoms with Gasteiger partial charge in [0.05, 0.1) is 26.0 Å². The van der Waals surface area contributed by atoms with Crippen molar-refractivity contribution in [1.29, 1.82) is 0 Å². The predicted molar refractivity (Wildman–Crippen MR) is 128 cm³/mol. The van der Waals surface area contributed by atoms with Gasteiger partial charge in [-0.25, -0.2) is 0 Å². The van der Waals surface area contributed by atoms with Crippen LogP contribution in [0.2, 0.25) is 0 Å². The lowest BCUT2D eigenvalue weighted by atomic mass is 9.95. The molecule has 3 heterocycles. The molecule has 0 spiro atoms. The lowest BCUT2D eigenvalue weighted by molar-refractivity contribution is 0.0730. The van der Waals surface area contributed by atoms with Gasteiger partial charge in [-0.15, -0.1) is 0 Å². The molecule has 8 heteroatoms. The van der Waals surface area contributed by atoms with Gasteiger partial charge < -0.3 is 23.8 Å². The monoisotopic (exact) mass is 469 g/mol. The molecular formula is C27H23N3O5. The van der Waals surface area contributed by atoms with E-state index in [4.69, 9.17) is 18.9 Å². The molecule has 0 saturated heterocycles. The number of aromatic nitrogens is 2. The van der Waals surface area contributed by atoms with Crippen LogP contribution in [0.5, 0.6) is 23.0 Å². The minimum Gasteiger partial charge on any atom is -0.497 e. The van der Waals surface area contributed by atoms with Gasteiger partial charge in [-0.3, -0.25) is 9.89 Å². The summed E-state index contributed by atoms with van der Waals surface area (Å²) >= 11 is 0. The van der Waals surface area contributed by atoms with Gasteiger partial charge >= 0.3 is 0 Å². The summed E-state index contributed by atoms with van der Waals surface area (Å²) in [4.78, 5) is 15.5. The number of aromatic amines is 1. The van der Waals surface area contributed by atoms with Crippen LogP contribution >= 0.6 is 0 Å². The van der Waals surface area contributed by atoms with E-state index in [1.807, 2.05) is 71.6 Å². The van der Waals surface area contributed by atoms with Gasteiger partial charge in [0.1, 0.15) is 17.2 Å². The van der Waals surface area contributed by atoms with Crippen molar-refractivity contribution in [2.24, 2.45) is 0 Å². The molecular weight excluding hydrogens is 446 g/mol. The normalized spacial score (nSPS) is 15.9. The fourth-order valence-corrected chi connectivity index (χ4v) is 4.70. The summed E-state index contributed by atoms with van der Waals surface area (Å²) in [6, 6.07) is 20.9. The van der Waals surface area contributed by atoms with Gasteiger partial charge in [-0.05, 0) is 59.7 Å². The van der Waals surface area contributed by atoms with Gasteiger partial charge in [-0.2, -0.15) is 5.10 Å². The van der Waals surface area contributed by atoms with Gasteiger partial charge in [0.15, 0.2) is 11.5 Å². The molecule has 0 bridgehead atoms. The Morgan fingerprint density at radius 1 is 0.943 bits per heavy atom. The van der Waals surface area contributed by atoms with E-state index in [-0.39, 0.29) is 18.7 Å². The molecule has 0 aliphatic carbocycles. The first-order chi connectivity index (χ1) is 17.2. The van der Waals surface area contributed by atoms with Gasteiger partial charge in [0, 0.05) is 17.7 Å². The molecule has 0 fully saturated rings. The molecule has 2 aliphatic heterocycles. The van der Waals surface area contributed by atoms with E-state index in [1.54, 1.807) is 14.2 Å². The number of benzene rings is 3. The van der Waals surface area contributed by atoms with E-state index < -0.39 is 0 Å². The van der Waals surface area contributed by atoms with Crippen LogP contribution in [0.4, 0.5) is 0 Å². The number of fused-ring (bicyclic) bond motifs is 2. The average Bonchev–Trinajstić information content (AvgIpc) is 3.61. The van der Waals surface area contributed by atoms with Crippen molar-refractivity contribution in [3.63, 3.8) is 0 Å². The SMILES string of the molecule is COc1ccc(-c2n[nH]c3c2C(c2ccc(OC)cc2)N(Cc2ccc4c(c2)OCO4)C3=O)cc1. The number of methoxy groups -OCH3 is 2. The molecule has 6 rings (SSSR count). The van der Waals surface area contributed by atoms with Crippen molar-refractivity contribution < 1.29 is 23.7 Å². The van der Waals surface area contributed by atoms with Crippen molar-refractivity contribution in [2.45, 2.75) is 12.6 Å². The Kier molecular flexibility index (Phi) is 5.06. The number of carbonyl (C=O) groups excluding carboxylic acids is 1. The maximum Gasteiger partial charge on any atom is 0.273 e. The van der Waals surface area contributed by atoms with Crippen LogP contribution < -0.4 is 18.9 Å². The summed E-state index contributed by atoms with van der Waals surface area (Å²) < 4.78 is 21.6. The Morgan fingerprint density at radius 2 is 1.63 bits per heavy atom. The molecule has 1 atom stereocenters. The van der Waals surface area contributed by atoms with Crippen LogP contribution in [0.25, 0.3) is 11.3 Å². The molecule has 1 N–H and O–H groups in total. The fraction of sp³-hybridized carbons (Fsp3) is 0.185. The van der Waals surface area contributed by atoms with Crippen LogP contribution in [-0.2, 0) is 6.54 Å². The highest BCUT2D eigenvalue weighted by atomic mass is 16.7. The summed E-state index contributed by atoms with van der Waals surface area (Å²) in [5, 5.41) is 7.54. The fourth-order valence-electron chi connectivity index (χ4n) is 4.70. The van der Waals surface area contributed by atoms with E-state index in [0.717, 1.165) is 39.4 Å². The summed E-state index contributed by atoms with van der Waals surface area (Å²) in [7, 11) is 3.27. The molecule has 8 nitrogen and oxygen atoms in total. The van der Waals surface area contributed by atoms with Crippen molar-refractivity contribution in [3.05, 3.63) is 89.1 Å². The molecule has 3 aromatic carbocycles. The summed E-state index contributed by atoms with van der Waals surface area (Å²) in [6.07, 6.45) is 0. The minimum atomic E-state index is -0.329. The number of nitrogens with zero attached hydrogens (tertiary/aromatic N) is 2. The topological polar surface area (TPSA) is 85.9 Å². The van der Waals surface area contributed by atoms with E-state index in [2.05, 4.69) is 10.2 Å². The first-order valence-electron chi connectivity index (χ1n) is 11.2. The molecule has 1 aromatic heterocycles. The standard InChI is InChI=1S/C27H23N3O5/c1-32-19-8-4-17(5-9-19)24-23-25(29-28-24)27(31)30(26(23)18-6-10-20(33-2)11-7-18)14-16-3-12-21-22(13-16)35-15-34-21/h3-13,26H,14-15H2,1-2H3,(H,28,29). The highest BCUT2D eigenvalue weighted by Crippen LogP contribution is 2.44. The van der Waals surface area contributed by atoms with Crippen LogP contribution in [0.3, 0.4) is 0 Å². The second kappa shape index (κ2) is 8.39. The molecule has 1 amide bonds. The second-order valence-electron chi connectivity index (χ2n) is 8.39. The Bertz CT molecular complexity index is 1400. The van der Waals surface area contributed by atoms with Crippen LogP contribution in [0.15, 0.2) is 66.7 Å². The number of hydrogen-bond acceptors (Lipinski definition) is 6. The van der Waals surface area contributed by atoms with Gasteiger partial charge in [0.2, 0.25) is 6.79 Å². The maximum absolute atomic E-state index is 13.6. The van der Waals surface area contributed by atoms with Crippen LogP contribution in [0.1, 0.15) is 33.2 Å². The Balaban J connectivity index is 1.43. The predicted octanol–water partition coefficient (Wildman–Crippen LogP) is 4.57. The number of carbonyl (C=O) groups is 1. The summed E-state index contributed by atoms with van der Waals surface area (Å²) in [5.41, 5.74) is 4.91. The van der Waals surface area contributed by atoms with Crippen molar-refractivity contribution in [3.8, 4) is 34.3 Å². The lowest BCUT2D eigenvalue weighted by Gasteiger charge is -2.26. The molecule has 176 valence electrons. The van der Waals surface area contributed by atoms with Crippen molar-refractivity contribution in [1.82, 2.24) is 15.1 Å². The molecule has 1 unspecified atom stereocenters. The number of hydrogen-bond donors (Lipinski definition) is 1. The number of nitrogens with one attached hydrogen (secondary N) is 1. The zero-order valence-electron chi connectivity index (χ0n) is 19.3. The first kappa shape index (κ1) is 21.1. The number of amides is 1. The Hall–Kier alpha value is -4.46. The second-order valence-corrected chi connectivity index (χ2v) is 8.39. The average molecular weight is 469 g/mol. The van der Waals surface area contributed by atoms with E-state index in [1.165, 1.54) is 0 Å². The first-order valence-corrected chi connectivity index (χ1v) is 11.2. The van der Waals surface area contributed by atoms with Gasteiger partial charge in [-0.1, -0.05) is 18.2 Å². The largest absolute Gasteiger partial charge is 0.497 e. The molecule has 0 radical (unpaired) electrons. The Morgan fingerprint density at radius 3 is 2.34 bits per heavy atom. The zero-order valence-corrected chi connectivity index (χ0v) is 19.3. The van der Waals surface area contributed by atoms with Crippen LogP contribution in [-0.4, -0.2) is 42.0 Å². The molecule has 2 aliphatic rings. The summed E-state index contributed by atoms with van der Waals surface area (Å²) in [6.45, 7) is 0.605.